The molecule has 1 saturated heterocycles. The van der Waals surface area contributed by atoms with Gasteiger partial charge in [-0.15, -0.1) is 0 Å². The van der Waals surface area contributed by atoms with Crippen LogP contribution in [0, 0.1) is 23.4 Å². The molecule has 2 amide bonds. The quantitative estimate of drug-likeness (QED) is 0.737. The number of hydrogen-bond donors (Lipinski definition) is 1. The van der Waals surface area contributed by atoms with Crippen molar-refractivity contribution in [3.8, 4) is 5.75 Å². The normalized spacial score (nSPS) is 16.3. The number of amides is 2. The summed E-state index contributed by atoms with van der Waals surface area (Å²) in [4.78, 5) is 25.6. The Morgan fingerprint density at radius 1 is 1.07 bits per heavy atom. The van der Waals surface area contributed by atoms with Crippen LogP contribution in [-0.4, -0.2) is 31.5 Å². The maximum absolute atomic E-state index is 13.4. The lowest BCUT2D eigenvalue weighted by molar-refractivity contribution is -0.126. The molecule has 8 heteroatoms. The summed E-state index contributed by atoms with van der Waals surface area (Å²) in [6.45, 7) is 0.753. The summed E-state index contributed by atoms with van der Waals surface area (Å²) in [5.41, 5.74) is 0.102. The van der Waals surface area contributed by atoms with Gasteiger partial charge in [-0.05, 0) is 42.8 Å². The molecule has 2 aromatic carbocycles. The summed E-state index contributed by atoms with van der Waals surface area (Å²) in [5, 5.41) is 2.73. The van der Waals surface area contributed by atoms with Crippen molar-refractivity contribution in [2.45, 2.75) is 12.8 Å². The number of halogens is 3. The van der Waals surface area contributed by atoms with Crippen molar-refractivity contribution in [1.29, 1.82) is 0 Å². The highest BCUT2D eigenvalue weighted by Gasteiger charge is 2.35. The first-order valence-corrected chi connectivity index (χ1v) is 8.85. The van der Waals surface area contributed by atoms with Gasteiger partial charge in [0.15, 0.2) is 0 Å². The molecule has 3 rings (SSSR count). The van der Waals surface area contributed by atoms with Crippen molar-refractivity contribution < 1.29 is 27.5 Å². The van der Waals surface area contributed by atoms with E-state index in [2.05, 4.69) is 5.32 Å². The van der Waals surface area contributed by atoms with Crippen LogP contribution >= 0.6 is 0 Å². The second-order valence-electron chi connectivity index (χ2n) is 6.48. The maximum atomic E-state index is 13.4. The molecule has 5 nitrogen and oxygen atoms in total. The fourth-order valence-electron chi connectivity index (χ4n) is 2.98. The van der Waals surface area contributed by atoms with Crippen LogP contribution in [-0.2, 0) is 9.59 Å². The molecule has 148 valence electrons. The minimum atomic E-state index is -0.781. The third kappa shape index (κ3) is 5.03. The van der Waals surface area contributed by atoms with Gasteiger partial charge in [-0.2, -0.15) is 0 Å². The molecule has 0 spiro atoms. The van der Waals surface area contributed by atoms with Crippen molar-refractivity contribution in [1.82, 2.24) is 5.32 Å². The summed E-state index contributed by atoms with van der Waals surface area (Å²) in [7, 11) is 0. The molecule has 1 unspecified atom stereocenters. The number of carbonyl (C=O) groups is 2. The Labute approximate surface area is 160 Å². The number of nitrogens with one attached hydrogen (secondary N) is 1. The molecule has 1 atom stereocenters. The second-order valence-corrected chi connectivity index (χ2v) is 6.48. The van der Waals surface area contributed by atoms with E-state index in [9.17, 15) is 22.8 Å². The molecular weight excluding hydrogens is 373 g/mol. The Balaban J connectivity index is 1.43. The van der Waals surface area contributed by atoms with Crippen LogP contribution in [0.3, 0.4) is 0 Å². The maximum Gasteiger partial charge on any atom is 0.227 e. The van der Waals surface area contributed by atoms with Crippen molar-refractivity contribution in [2.75, 3.05) is 24.6 Å². The van der Waals surface area contributed by atoms with E-state index in [4.69, 9.17) is 4.74 Å². The van der Waals surface area contributed by atoms with Crippen molar-refractivity contribution in [3.63, 3.8) is 0 Å². The van der Waals surface area contributed by atoms with Gasteiger partial charge in [-0.25, -0.2) is 13.2 Å². The third-order valence-electron chi connectivity index (χ3n) is 4.36. The fourth-order valence-corrected chi connectivity index (χ4v) is 2.98. The minimum absolute atomic E-state index is 0.0178. The number of ether oxygens (including phenoxy) is 1. The van der Waals surface area contributed by atoms with Gasteiger partial charge in [0.1, 0.15) is 23.2 Å². The Morgan fingerprint density at radius 3 is 2.43 bits per heavy atom. The number of carbonyl (C=O) groups excluding carboxylic acids is 2. The van der Waals surface area contributed by atoms with Gasteiger partial charge in [-0.3, -0.25) is 9.59 Å². The predicted molar refractivity (Wildman–Crippen MR) is 96.3 cm³/mol. The third-order valence-corrected chi connectivity index (χ3v) is 4.36. The molecule has 0 radical (unpaired) electrons. The van der Waals surface area contributed by atoms with Crippen molar-refractivity contribution in [2.24, 2.45) is 5.92 Å². The zero-order valence-electron chi connectivity index (χ0n) is 15.0. The van der Waals surface area contributed by atoms with Crippen molar-refractivity contribution >= 4 is 17.5 Å². The van der Waals surface area contributed by atoms with Gasteiger partial charge < -0.3 is 15.0 Å². The molecule has 1 N–H and O–H groups in total. The van der Waals surface area contributed by atoms with Crippen LogP contribution in [0.15, 0.2) is 42.5 Å². The number of hydrogen-bond acceptors (Lipinski definition) is 3. The Bertz CT molecular complexity index is 838. The van der Waals surface area contributed by atoms with E-state index in [-0.39, 0.29) is 36.3 Å². The molecular formula is C20H19F3N2O3. The van der Waals surface area contributed by atoms with E-state index >= 15 is 0 Å². The number of anilines is 1. The molecule has 0 aromatic heterocycles. The largest absolute Gasteiger partial charge is 0.494 e. The first kappa shape index (κ1) is 19.7. The topological polar surface area (TPSA) is 58.6 Å². The van der Waals surface area contributed by atoms with E-state index in [1.54, 1.807) is 0 Å². The molecule has 28 heavy (non-hydrogen) atoms. The fraction of sp³-hybridized carbons (Fsp3) is 0.300. The summed E-state index contributed by atoms with van der Waals surface area (Å²) in [6, 6.07) is 8.48. The molecule has 1 aliphatic rings. The van der Waals surface area contributed by atoms with E-state index in [0.717, 1.165) is 18.2 Å². The van der Waals surface area contributed by atoms with Gasteiger partial charge in [-0.1, -0.05) is 0 Å². The average Bonchev–Trinajstić information content (AvgIpc) is 3.04. The molecule has 2 aromatic rings. The number of rotatable bonds is 7. The number of nitrogens with zero attached hydrogens (tertiary/aromatic N) is 1. The average molecular weight is 392 g/mol. The molecule has 0 aliphatic carbocycles. The molecule has 1 aliphatic heterocycles. The highest BCUT2D eigenvalue weighted by Crippen LogP contribution is 2.26. The first-order chi connectivity index (χ1) is 13.4. The van der Waals surface area contributed by atoms with E-state index in [1.165, 1.54) is 29.2 Å². The molecule has 0 bridgehead atoms. The summed E-state index contributed by atoms with van der Waals surface area (Å²) >= 11 is 0. The first-order valence-electron chi connectivity index (χ1n) is 8.85. The molecule has 1 fully saturated rings. The lowest BCUT2D eigenvalue weighted by atomic mass is 10.1. The van der Waals surface area contributed by atoms with Gasteiger partial charge in [0.25, 0.3) is 0 Å². The Morgan fingerprint density at radius 2 is 1.75 bits per heavy atom. The zero-order valence-corrected chi connectivity index (χ0v) is 15.0. The summed E-state index contributed by atoms with van der Waals surface area (Å²) in [6.07, 6.45) is 0.513. The summed E-state index contributed by atoms with van der Waals surface area (Å²) in [5.74, 6) is -2.61. The SMILES string of the molecule is O=C(NCCCOc1ccc(F)cc1)C1CC(=O)N(c2cc(F)cc(F)c2)C1. The Hall–Kier alpha value is -3.03. The highest BCUT2D eigenvalue weighted by molar-refractivity contribution is 6.00. The smallest absolute Gasteiger partial charge is 0.227 e. The lowest BCUT2D eigenvalue weighted by Crippen LogP contribution is -2.34. The standard InChI is InChI=1S/C20H19F3N2O3/c21-14-2-4-18(5-3-14)28-7-1-6-24-20(27)13-8-19(26)25(12-13)17-10-15(22)9-16(23)11-17/h2-5,9-11,13H,1,6-8,12H2,(H,24,27). The molecule has 0 saturated carbocycles. The Kier molecular flexibility index (Phi) is 6.18. The van der Waals surface area contributed by atoms with Crippen LogP contribution < -0.4 is 15.0 Å². The molecule has 1 heterocycles. The van der Waals surface area contributed by atoms with Crippen LogP contribution in [0.5, 0.6) is 5.75 Å². The lowest BCUT2D eigenvalue weighted by Gasteiger charge is -2.17. The van der Waals surface area contributed by atoms with Crippen molar-refractivity contribution in [3.05, 3.63) is 59.9 Å². The van der Waals surface area contributed by atoms with Crippen LogP contribution in [0.25, 0.3) is 0 Å². The number of benzene rings is 2. The van der Waals surface area contributed by atoms with E-state index < -0.39 is 17.6 Å². The van der Waals surface area contributed by atoms with Crippen LogP contribution in [0.2, 0.25) is 0 Å². The van der Waals surface area contributed by atoms with Gasteiger partial charge in [0.2, 0.25) is 11.8 Å². The predicted octanol–water partition coefficient (Wildman–Crippen LogP) is 3.04. The van der Waals surface area contributed by atoms with Gasteiger partial charge in [0, 0.05) is 31.3 Å². The van der Waals surface area contributed by atoms with Gasteiger partial charge >= 0.3 is 0 Å². The summed E-state index contributed by atoms with van der Waals surface area (Å²) < 4.78 is 44.9. The van der Waals surface area contributed by atoms with Crippen LogP contribution in [0.4, 0.5) is 18.9 Å². The van der Waals surface area contributed by atoms with E-state index in [0.29, 0.717) is 25.3 Å². The van der Waals surface area contributed by atoms with Gasteiger partial charge in [0.05, 0.1) is 12.5 Å². The highest BCUT2D eigenvalue weighted by atomic mass is 19.1. The van der Waals surface area contributed by atoms with Crippen LogP contribution in [0.1, 0.15) is 12.8 Å². The van der Waals surface area contributed by atoms with E-state index in [1.807, 2.05) is 0 Å². The monoisotopic (exact) mass is 392 g/mol. The zero-order chi connectivity index (χ0) is 20.1. The minimum Gasteiger partial charge on any atom is -0.494 e. The second kappa shape index (κ2) is 8.77.